The molecule has 1 atom stereocenters. The van der Waals surface area contributed by atoms with Crippen LogP contribution in [0, 0.1) is 0 Å². The topological polar surface area (TPSA) is 80.9 Å². The maximum absolute atomic E-state index is 10.5. The zero-order valence-corrected chi connectivity index (χ0v) is 10.4. The second kappa shape index (κ2) is 4.79. The molecule has 0 saturated carbocycles. The van der Waals surface area contributed by atoms with Crippen molar-refractivity contribution in [3.8, 4) is 0 Å². The molecular weight excluding hydrogens is 244 g/mol. The molecular formula is C13H14N4O2. The maximum Gasteiger partial charge on any atom is 0.303 e. The molecule has 0 saturated heterocycles. The number of aromatic nitrogens is 4. The average molecular weight is 258 g/mol. The van der Waals surface area contributed by atoms with Crippen LogP contribution in [-0.4, -0.2) is 31.3 Å². The normalized spacial score (nSPS) is 16.7. The highest BCUT2D eigenvalue weighted by molar-refractivity contribution is 5.66. The van der Waals surface area contributed by atoms with Crippen LogP contribution in [-0.2, 0) is 17.8 Å². The smallest absolute Gasteiger partial charge is 0.303 e. The van der Waals surface area contributed by atoms with Gasteiger partial charge in [-0.15, -0.1) is 5.10 Å². The van der Waals surface area contributed by atoms with E-state index >= 15 is 0 Å². The van der Waals surface area contributed by atoms with Gasteiger partial charge < -0.3 is 5.11 Å². The number of hydrogen-bond acceptors (Lipinski definition) is 4. The molecule has 0 aliphatic heterocycles. The van der Waals surface area contributed by atoms with Gasteiger partial charge in [-0.25, -0.2) is 4.68 Å². The fourth-order valence-corrected chi connectivity index (χ4v) is 2.49. The van der Waals surface area contributed by atoms with E-state index in [9.17, 15) is 4.79 Å². The lowest BCUT2D eigenvalue weighted by molar-refractivity contribution is -0.137. The highest BCUT2D eigenvalue weighted by Crippen LogP contribution is 2.38. The number of carboxylic acids is 1. The van der Waals surface area contributed by atoms with Gasteiger partial charge in [-0.3, -0.25) is 4.79 Å². The number of fused-ring (bicyclic) bond motifs is 1. The SMILES string of the molecule is O=C(O)CCCn1nnnc1C1Cc2ccccc21. The second-order valence-corrected chi connectivity index (χ2v) is 4.71. The fraction of sp³-hybridized carbons (Fsp3) is 0.385. The third-order valence-corrected chi connectivity index (χ3v) is 3.49. The van der Waals surface area contributed by atoms with Crippen molar-refractivity contribution >= 4 is 5.97 Å². The summed E-state index contributed by atoms with van der Waals surface area (Å²) in [5, 5.41) is 20.4. The summed E-state index contributed by atoms with van der Waals surface area (Å²) in [5.41, 5.74) is 2.62. The summed E-state index contributed by atoms with van der Waals surface area (Å²) >= 11 is 0. The van der Waals surface area contributed by atoms with Crippen molar-refractivity contribution in [1.82, 2.24) is 20.2 Å². The van der Waals surface area contributed by atoms with Crippen molar-refractivity contribution < 1.29 is 9.90 Å². The first-order valence-corrected chi connectivity index (χ1v) is 6.31. The van der Waals surface area contributed by atoms with Crippen molar-refractivity contribution in [3.63, 3.8) is 0 Å². The van der Waals surface area contributed by atoms with E-state index in [0.29, 0.717) is 13.0 Å². The molecule has 0 spiro atoms. The molecule has 3 rings (SSSR count). The molecule has 6 nitrogen and oxygen atoms in total. The quantitative estimate of drug-likeness (QED) is 0.872. The summed E-state index contributed by atoms with van der Waals surface area (Å²) in [7, 11) is 0. The summed E-state index contributed by atoms with van der Waals surface area (Å²) in [5.74, 6) is 0.295. The Balaban J connectivity index is 1.73. The molecule has 1 aromatic carbocycles. The molecule has 1 N–H and O–H groups in total. The van der Waals surface area contributed by atoms with Crippen LogP contribution in [0.25, 0.3) is 0 Å². The van der Waals surface area contributed by atoms with Crippen LogP contribution in [0.4, 0.5) is 0 Å². The Labute approximate surface area is 110 Å². The van der Waals surface area contributed by atoms with E-state index in [4.69, 9.17) is 5.11 Å². The Morgan fingerprint density at radius 3 is 3.05 bits per heavy atom. The van der Waals surface area contributed by atoms with Gasteiger partial charge >= 0.3 is 5.97 Å². The highest BCUT2D eigenvalue weighted by Gasteiger charge is 2.31. The third kappa shape index (κ3) is 2.21. The van der Waals surface area contributed by atoms with Gasteiger partial charge in [0.05, 0.1) is 5.92 Å². The Morgan fingerprint density at radius 1 is 1.42 bits per heavy atom. The molecule has 0 fully saturated rings. The van der Waals surface area contributed by atoms with Gasteiger partial charge in [0.15, 0.2) is 5.82 Å². The number of tetrazole rings is 1. The Kier molecular flexibility index (Phi) is 2.98. The number of aliphatic carboxylic acids is 1. The first-order valence-electron chi connectivity index (χ1n) is 6.31. The van der Waals surface area contributed by atoms with E-state index in [1.807, 2.05) is 12.1 Å². The van der Waals surface area contributed by atoms with E-state index < -0.39 is 5.97 Å². The zero-order chi connectivity index (χ0) is 13.2. The summed E-state index contributed by atoms with van der Waals surface area (Å²) in [6, 6.07) is 8.26. The number of hydrogen-bond donors (Lipinski definition) is 1. The second-order valence-electron chi connectivity index (χ2n) is 4.71. The first kappa shape index (κ1) is 11.8. The van der Waals surface area contributed by atoms with Crippen molar-refractivity contribution in [1.29, 1.82) is 0 Å². The van der Waals surface area contributed by atoms with Gasteiger partial charge in [0.2, 0.25) is 0 Å². The van der Waals surface area contributed by atoms with Crippen LogP contribution in [0.3, 0.4) is 0 Å². The minimum absolute atomic E-state index is 0.139. The predicted molar refractivity (Wildman–Crippen MR) is 66.7 cm³/mol. The number of nitrogens with zero attached hydrogens (tertiary/aromatic N) is 4. The molecule has 98 valence electrons. The van der Waals surface area contributed by atoms with Crippen molar-refractivity contribution in [3.05, 3.63) is 41.2 Å². The number of benzene rings is 1. The monoisotopic (exact) mass is 258 g/mol. The van der Waals surface area contributed by atoms with Crippen LogP contribution < -0.4 is 0 Å². The van der Waals surface area contributed by atoms with Gasteiger partial charge in [0.1, 0.15) is 0 Å². The minimum Gasteiger partial charge on any atom is -0.481 e. The summed E-state index contributed by atoms with van der Waals surface area (Å²) in [6.45, 7) is 0.549. The van der Waals surface area contributed by atoms with E-state index in [-0.39, 0.29) is 12.3 Å². The van der Waals surface area contributed by atoms with Crippen molar-refractivity contribution in [2.45, 2.75) is 31.7 Å². The molecule has 0 amide bonds. The predicted octanol–water partition coefficient (Wildman–Crippen LogP) is 1.23. The lowest BCUT2D eigenvalue weighted by Gasteiger charge is -2.28. The van der Waals surface area contributed by atoms with Crippen LogP contribution >= 0.6 is 0 Å². The minimum atomic E-state index is -0.788. The van der Waals surface area contributed by atoms with E-state index in [2.05, 4.69) is 27.7 Å². The molecule has 1 aliphatic carbocycles. The molecule has 0 bridgehead atoms. The van der Waals surface area contributed by atoms with Crippen LogP contribution in [0.1, 0.15) is 35.7 Å². The standard InChI is InChI=1S/C13H14N4O2/c18-12(19)6-3-7-17-13(14-15-16-17)11-8-9-4-1-2-5-10(9)11/h1-2,4-5,11H,3,6-8H2,(H,18,19). The lowest BCUT2D eigenvalue weighted by Crippen LogP contribution is -2.22. The van der Waals surface area contributed by atoms with Crippen molar-refractivity contribution in [2.75, 3.05) is 0 Å². The molecule has 0 radical (unpaired) electrons. The van der Waals surface area contributed by atoms with Crippen LogP contribution in [0.2, 0.25) is 0 Å². The summed E-state index contributed by atoms with van der Waals surface area (Å²) in [6.07, 6.45) is 1.64. The van der Waals surface area contributed by atoms with Gasteiger partial charge in [0, 0.05) is 13.0 Å². The molecule has 1 heterocycles. The van der Waals surface area contributed by atoms with E-state index in [0.717, 1.165) is 12.2 Å². The van der Waals surface area contributed by atoms with Gasteiger partial charge in [0.25, 0.3) is 0 Å². The number of aryl methyl sites for hydroxylation is 1. The highest BCUT2D eigenvalue weighted by atomic mass is 16.4. The Morgan fingerprint density at radius 2 is 2.26 bits per heavy atom. The number of carbonyl (C=O) groups is 1. The first-order chi connectivity index (χ1) is 9.25. The Hall–Kier alpha value is -2.24. The molecule has 19 heavy (non-hydrogen) atoms. The molecule has 1 unspecified atom stereocenters. The fourth-order valence-electron chi connectivity index (χ4n) is 2.49. The van der Waals surface area contributed by atoms with Gasteiger partial charge in [-0.2, -0.15) is 0 Å². The van der Waals surface area contributed by atoms with Gasteiger partial charge in [-0.05, 0) is 34.4 Å². The lowest BCUT2D eigenvalue weighted by atomic mass is 9.77. The largest absolute Gasteiger partial charge is 0.481 e. The van der Waals surface area contributed by atoms with Gasteiger partial charge in [-0.1, -0.05) is 24.3 Å². The maximum atomic E-state index is 10.5. The molecule has 1 aliphatic rings. The van der Waals surface area contributed by atoms with Crippen LogP contribution in [0.5, 0.6) is 0 Å². The molecule has 2 aromatic rings. The molecule has 6 heteroatoms. The van der Waals surface area contributed by atoms with E-state index in [1.54, 1.807) is 4.68 Å². The third-order valence-electron chi connectivity index (χ3n) is 3.49. The number of carboxylic acid groups (broad SMARTS) is 1. The Bertz CT molecular complexity index is 608. The average Bonchev–Trinajstić information content (AvgIpc) is 2.79. The van der Waals surface area contributed by atoms with Crippen molar-refractivity contribution in [2.24, 2.45) is 0 Å². The number of rotatable bonds is 5. The zero-order valence-electron chi connectivity index (χ0n) is 10.4. The summed E-state index contributed by atoms with van der Waals surface area (Å²) < 4.78 is 1.73. The van der Waals surface area contributed by atoms with Crippen LogP contribution in [0.15, 0.2) is 24.3 Å². The summed E-state index contributed by atoms with van der Waals surface area (Å²) in [4.78, 5) is 10.5. The van der Waals surface area contributed by atoms with E-state index in [1.165, 1.54) is 11.1 Å². The molecule has 1 aromatic heterocycles.